The standard InChI is InChI=1S/C29H39N3O4/c1-4-5-6-18-36-28-20-25(9-11-27(28)35-3)32-17-7-16-31(29(32)33)21-24-19-23(8-10-26(24)34-2)22-12-14-30-15-13-22/h8-12,19-20,30H,4-7,13-18,21H2,1-3H3. The molecule has 2 aromatic carbocycles. The van der Waals surface area contributed by atoms with Gasteiger partial charge in [-0.05, 0) is 61.2 Å². The van der Waals surface area contributed by atoms with Crippen molar-refractivity contribution in [1.29, 1.82) is 0 Å². The fourth-order valence-corrected chi connectivity index (χ4v) is 4.84. The molecule has 1 saturated heterocycles. The fraction of sp³-hybridized carbons (Fsp3) is 0.483. The summed E-state index contributed by atoms with van der Waals surface area (Å²) < 4.78 is 17.2. The molecule has 2 aliphatic heterocycles. The van der Waals surface area contributed by atoms with Gasteiger partial charge in [-0.25, -0.2) is 4.79 Å². The average Bonchev–Trinajstić information content (AvgIpc) is 2.92. The third kappa shape index (κ3) is 6.13. The molecule has 1 fully saturated rings. The predicted octanol–water partition coefficient (Wildman–Crippen LogP) is 5.48. The molecule has 0 radical (unpaired) electrons. The number of nitrogens with zero attached hydrogens (tertiary/aromatic N) is 2. The maximum Gasteiger partial charge on any atom is 0.324 e. The number of urea groups is 1. The molecule has 0 unspecified atom stereocenters. The molecule has 0 aromatic heterocycles. The van der Waals surface area contributed by atoms with Gasteiger partial charge in [-0.15, -0.1) is 0 Å². The number of rotatable bonds is 11. The summed E-state index contributed by atoms with van der Waals surface area (Å²) in [5.41, 5.74) is 4.40. The summed E-state index contributed by atoms with van der Waals surface area (Å²) in [6.07, 6.45) is 7.40. The Morgan fingerprint density at radius 2 is 1.81 bits per heavy atom. The van der Waals surface area contributed by atoms with E-state index in [0.29, 0.717) is 37.7 Å². The number of carbonyl (C=O) groups excluding carboxylic acids is 1. The second-order valence-corrected chi connectivity index (χ2v) is 9.31. The van der Waals surface area contributed by atoms with Crippen molar-refractivity contribution >= 4 is 17.3 Å². The molecule has 194 valence electrons. The third-order valence-electron chi connectivity index (χ3n) is 6.85. The summed E-state index contributed by atoms with van der Waals surface area (Å²) in [6.45, 7) is 6.58. The highest BCUT2D eigenvalue weighted by Crippen LogP contribution is 2.34. The minimum Gasteiger partial charge on any atom is -0.496 e. The SMILES string of the molecule is CCCCCOc1cc(N2CCCN(Cc3cc(C4=CCNCC4)ccc3OC)C2=O)ccc1OC. The Hall–Kier alpha value is -3.19. The molecule has 2 heterocycles. The second-order valence-electron chi connectivity index (χ2n) is 9.31. The lowest BCUT2D eigenvalue weighted by Crippen LogP contribution is -2.49. The monoisotopic (exact) mass is 493 g/mol. The first kappa shape index (κ1) is 25.9. The molecular formula is C29H39N3O4. The summed E-state index contributed by atoms with van der Waals surface area (Å²) in [7, 11) is 3.33. The van der Waals surface area contributed by atoms with Gasteiger partial charge < -0.3 is 24.4 Å². The summed E-state index contributed by atoms with van der Waals surface area (Å²) in [6, 6.07) is 12.1. The van der Waals surface area contributed by atoms with Crippen LogP contribution in [0.1, 0.15) is 50.2 Å². The number of benzene rings is 2. The van der Waals surface area contributed by atoms with E-state index in [2.05, 4.69) is 30.4 Å². The van der Waals surface area contributed by atoms with Crippen molar-refractivity contribution in [1.82, 2.24) is 10.2 Å². The minimum absolute atomic E-state index is 0.00288. The summed E-state index contributed by atoms with van der Waals surface area (Å²) >= 11 is 0. The summed E-state index contributed by atoms with van der Waals surface area (Å²) in [4.78, 5) is 17.4. The molecule has 0 atom stereocenters. The van der Waals surface area contributed by atoms with E-state index in [4.69, 9.17) is 14.2 Å². The van der Waals surface area contributed by atoms with Crippen LogP contribution >= 0.6 is 0 Å². The Kier molecular flexibility index (Phi) is 9.11. The van der Waals surface area contributed by atoms with Crippen molar-refractivity contribution in [2.45, 2.75) is 45.6 Å². The van der Waals surface area contributed by atoms with Gasteiger partial charge in [0.05, 0.1) is 27.4 Å². The van der Waals surface area contributed by atoms with Crippen LogP contribution in [0.5, 0.6) is 17.2 Å². The first-order valence-corrected chi connectivity index (χ1v) is 13.1. The highest BCUT2D eigenvalue weighted by Gasteiger charge is 2.28. The van der Waals surface area contributed by atoms with Crippen LogP contribution in [0.25, 0.3) is 5.57 Å². The molecule has 2 aromatic rings. The van der Waals surface area contributed by atoms with Crippen LogP contribution in [-0.2, 0) is 6.54 Å². The van der Waals surface area contributed by atoms with Gasteiger partial charge in [0.25, 0.3) is 0 Å². The van der Waals surface area contributed by atoms with Crippen LogP contribution < -0.4 is 24.4 Å². The molecule has 1 N–H and O–H groups in total. The van der Waals surface area contributed by atoms with E-state index in [0.717, 1.165) is 62.2 Å². The largest absolute Gasteiger partial charge is 0.496 e. The Morgan fingerprint density at radius 3 is 2.56 bits per heavy atom. The topological polar surface area (TPSA) is 63.3 Å². The smallest absolute Gasteiger partial charge is 0.324 e. The van der Waals surface area contributed by atoms with Gasteiger partial charge in [0.15, 0.2) is 11.5 Å². The summed E-state index contributed by atoms with van der Waals surface area (Å²) in [5, 5.41) is 3.37. The van der Waals surface area contributed by atoms with E-state index in [1.807, 2.05) is 34.1 Å². The van der Waals surface area contributed by atoms with Crippen molar-refractivity contribution in [3.05, 3.63) is 53.6 Å². The molecule has 2 aliphatic rings. The number of unbranched alkanes of at least 4 members (excludes halogenated alkanes) is 2. The molecule has 0 saturated carbocycles. The van der Waals surface area contributed by atoms with E-state index in [-0.39, 0.29) is 6.03 Å². The van der Waals surface area contributed by atoms with E-state index in [1.165, 1.54) is 11.1 Å². The molecule has 0 bridgehead atoms. The Morgan fingerprint density at radius 1 is 0.972 bits per heavy atom. The molecule has 7 nitrogen and oxygen atoms in total. The van der Waals surface area contributed by atoms with Gasteiger partial charge in [0, 0.05) is 37.0 Å². The Balaban J connectivity index is 1.52. The quantitative estimate of drug-likeness (QED) is 0.420. The zero-order valence-corrected chi connectivity index (χ0v) is 21.8. The number of methoxy groups -OCH3 is 2. The van der Waals surface area contributed by atoms with Crippen LogP contribution in [0, 0.1) is 0 Å². The molecule has 2 amide bonds. The van der Waals surface area contributed by atoms with Gasteiger partial charge in [-0.1, -0.05) is 31.9 Å². The van der Waals surface area contributed by atoms with Crippen LogP contribution in [0.2, 0.25) is 0 Å². The van der Waals surface area contributed by atoms with Gasteiger partial charge in [0.1, 0.15) is 5.75 Å². The van der Waals surface area contributed by atoms with E-state index in [9.17, 15) is 4.79 Å². The third-order valence-corrected chi connectivity index (χ3v) is 6.85. The number of amides is 2. The highest BCUT2D eigenvalue weighted by atomic mass is 16.5. The van der Waals surface area contributed by atoms with Crippen LogP contribution in [0.15, 0.2) is 42.5 Å². The molecule has 0 spiro atoms. The molecular weight excluding hydrogens is 454 g/mol. The minimum atomic E-state index is -0.00288. The van der Waals surface area contributed by atoms with Crippen LogP contribution in [0.4, 0.5) is 10.5 Å². The van der Waals surface area contributed by atoms with E-state index < -0.39 is 0 Å². The maximum absolute atomic E-state index is 13.6. The van der Waals surface area contributed by atoms with Crippen molar-refractivity contribution in [2.24, 2.45) is 0 Å². The lowest BCUT2D eigenvalue weighted by molar-refractivity contribution is 0.191. The maximum atomic E-state index is 13.6. The molecule has 36 heavy (non-hydrogen) atoms. The Bertz CT molecular complexity index is 1070. The normalized spacial score (nSPS) is 16.1. The van der Waals surface area contributed by atoms with Crippen molar-refractivity contribution < 1.29 is 19.0 Å². The number of hydrogen-bond acceptors (Lipinski definition) is 5. The summed E-state index contributed by atoms with van der Waals surface area (Å²) in [5.74, 6) is 2.18. The molecule has 0 aliphatic carbocycles. The Labute approximate surface area is 215 Å². The van der Waals surface area contributed by atoms with Gasteiger partial charge in [0.2, 0.25) is 0 Å². The van der Waals surface area contributed by atoms with Crippen molar-refractivity contribution in [3.8, 4) is 17.2 Å². The number of hydrogen-bond donors (Lipinski definition) is 1. The van der Waals surface area contributed by atoms with E-state index >= 15 is 0 Å². The average molecular weight is 494 g/mol. The first-order valence-electron chi connectivity index (χ1n) is 13.1. The predicted molar refractivity (Wildman–Crippen MR) is 144 cm³/mol. The fourth-order valence-electron chi connectivity index (χ4n) is 4.84. The second kappa shape index (κ2) is 12.7. The number of ether oxygens (including phenoxy) is 3. The highest BCUT2D eigenvalue weighted by molar-refractivity contribution is 5.93. The number of anilines is 1. The van der Waals surface area contributed by atoms with Gasteiger partial charge in [-0.2, -0.15) is 0 Å². The zero-order valence-electron chi connectivity index (χ0n) is 21.8. The number of nitrogens with one attached hydrogen (secondary N) is 1. The molecule has 7 heteroatoms. The van der Waals surface area contributed by atoms with Crippen LogP contribution in [-0.4, -0.2) is 57.9 Å². The van der Waals surface area contributed by atoms with E-state index in [1.54, 1.807) is 14.2 Å². The van der Waals surface area contributed by atoms with Crippen molar-refractivity contribution in [2.75, 3.05) is 51.9 Å². The first-order chi connectivity index (χ1) is 17.6. The molecule has 4 rings (SSSR count). The lowest BCUT2D eigenvalue weighted by atomic mass is 9.97. The van der Waals surface area contributed by atoms with Crippen molar-refractivity contribution in [3.63, 3.8) is 0 Å². The lowest BCUT2D eigenvalue weighted by Gasteiger charge is -2.36. The van der Waals surface area contributed by atoms with Gasteiger partial charge in [-0.3, -0.25) is 4.90 Å². The van der Waals surface area contributed by atoms with Gasteiger partial charge >= 0.3 is 6.03 Å². The number of carbonyl (C=O) groups is 1. The van der Waals surface area contributed by atoms with Crippen LogP contribution in [0.3, 0.4) is 0 Å². The zero-order chi connectivity index (χ0) is 25.3.